The van der Waals surface area contributed by atoms with Crippen molar-refractivity contribution < 1.29 is 9.30 Å². The highest BCUT2D eigenvalue weighted by atomic mass is 35.5. The van der Waals surface area contributed by atoms with E-state index in [1.807, 2.05) is 32.0 Å². The average molecular weight is 597 g/mol. The predicted molar refractivity (Wildman–Crippen MR) is 172 cm³/mol. The lowest BCUT2D eigenvalue weighted by Crippen LogP contribution is -2.58. The Labute approximate surface area is 249 Å². The van der Waals surface area contributed by atoms with Gasteiger partial charge in [-0.1, -0.05) is 17.7 Å². The lowest BCUT2D eigenvalue weighted by Gasteiger charge is -2.55. The molecule has 1 spiro atoms. The average Bonchev–Trinajstić information content (AvgIpc) is 2.90. The minimum Gasteiger partial charge on any atom is -0.494 e. The van der Waals surface area contributed by atoms with Crippen molar-refractivity contribution in [2.75, 3.05) is 63.2 Å². The van der Waals surface area contributed by atoms with E-state index in [0.717, 1.165) is 52.3 Å². The van der Waals surface area contributed by atoms with Gasteiger partial charge in [0.05, 0.1) is 24.7 Å². The maximum absolute atomic E-state index is 13.2. The molecule has 1 aliphatic carbocycles. The second-order valence-corrected chi connectivity index (χ2v) is 15.9. The highest BCUT2D eigenvalue weighted by Gasteiger charge is 2.45. The summed E-state index contributed by atoms with van der Waals surface area (Å²) in [6.45, 7) is 9.77. The number of halogens is 1. The molecular formula is C31H42ClN6O2P. The van der Waals surface area contributed by atoms with E-state index in [4.69, 9.17) is 16.3 Å². The Balaban J connectivity index is 1.31. The van der Waals surface area contributed by atoms with Crippen LogP contribution in [0, 0.1) is 19.3 Å². The molecule has 2 aliphatic rings. The summed E-state index contributed by atoms with van der Waals surface area (Å²) in [5.74, 6) is 1.54. The summed E-state index contributed by atoms with van der Waals surface area (Å²) in [4.78, 5) is 13.9. The van der Waals surface area contributed by atoms with E-state index in [0.29, 0.717) is 28.2 Å². The highest BCUT2D eigenvalue weighted by Crippen LogP contribution is 2.47. The molecule has 0 amide bonds. The topological polar surface area (TPSA) is 82.6 Å². The molecule has 10 heteroatoms. The third-order valence-electron chi connectivity index (χ3n) is 8.83. The molecule has 0 bridgehead atoms. The molecule has 0 atom stereocenters. The first-order valence-electron chi connectivity index (χ1n) is 14.2. The number of hydrogen-bond donors (Lipinski definition) is 2. The zero-order valence-corrected chi connectivity index (χ0v) is 26.9. The first kappa shape index (κ1) is 29.7. The van der Waals surface area contributed by atoms with Gasteiger partial charge in [-0.2, -0.15) is 4.98 Å². The minimum absolute atomic E-state index is 0.371. The van der Waals surface area contributed by atoms with E-state index < -0.39 is 7.14 Å². The molecule has 3 aromatic rings. The molecule has 1 saturated carbocycles. The Morgan fingerprint density at radius 1 is 1.07 bits per heavy atom. The lowest BCUT2D eigenvalue weighted by atomic mass is 9.67. The molecule has 1 aromatic heterocycles. The van der Waals surface area contributed by atoms with E-state index in [2.05, 4.69) is 56.6 Å². The van der Waals surface area contributed by atoms with Crippen molar-refractivity contribution in [2.24, 2.45) is 5.41 Å². The van der Waals surface area contributed by atoms with Crippen LogP contribution in [-0.4, -0.2) is 68.5 Å². The molecule has 1 aliphatic heterocycles. The second kappa shape index (κ2) is 11.5. The summed E-state index contributed by atoms with van der Waals surface area (Å²) in [5.41, 5.74) is 5.22. The number of methoxy groups -OCH3 is 1. The first-order valence-corrected chi connectivity index (χ1v) is 17.2. The number of benzene rings is 2. The van der Waals surface area contributed by atoms with Crippen LogP contribution in [0.25, 0.3) is 0 Å². The third kappa shape index (κ3) is 6.20. The summed E-state index contributed by atoms with van der Waals surface area (Å²) in [6.07, 6.45) is 6.72. The van der Waals surface area contributed by atoms with E-state index in [1.165, 1.54) is 25.7 Å². The molecule has 5 rings (SSSR count). The zero-order valence-electron chi connectivity index (χ0n) is 25.2. The number of aryl methyl sites for hydroxylation is 1. The van der Waals surface area contributed by atoms with Gasteiger partial charge in [-0.3, -0.25) is 0 Å². The summed E-state index contributed by atoms with van der Waals surface area (Å²) < 4.78 is 18.9. The number of nitrogens with one attached hydrogen (secondary N) is 2. The number of anilines is 5. The maximum atomic E-state index is 13.2. The van der Waals surface area contributed by atoms with Crippen molar-refractivity contribution in [1.82, 2.24) is 14.9 Å². The molecule has 8 nitrogen and oxygen atoms in total. The van der Waals surface area contributed by atoms with Gasteiger partial charge in [0.2, 0.25) is 5.95 Å². The van der Waals surface area contributed by atoms with Gasteiger partial charge in [-0.05, 0) is 96.3 Å². The molecular weight excluding hydrogens is 555 g/mol. The highest BCUT2D eigenvalue weighted by molar-refractivity contribution is 7.70. The van der Waals surface area contributed by atoms with Crippen LogP contribution in [0.3, 0.4) is 0 Å². The van der Waals surface area contributed by atoms with Crippen LogP contribution in [0.15, 0.2) is 36.5 Å². The van der Waals surface area contributed by atoms with Gasteiger partial charge in [-0.25, -0.2) is 4.98 Å². The maximum Gasteiger partial charge on any atom is 0.229 e. The largest absolute Gasteiger partial charge is 0.494 e. The fourth-order valence-electron chi connectivity index (χ4n) is 6.33. The van der Waals surface area contributed by atoms with E-state index in [1.54, 1.807) is 26.6 Å². The molecule has 2 heterocycles. The summed E-state index contributed by atoms with van der Waals surface area (Å²) in [5, 5.41) is 7.78. The normalized spacial score (nSPS) is 17.0. The van der Waals surface area contributed by atoms with Crippen molar-refractivity contribution >= 4 is 52.9 Å². The van der Waals surface area contributed by atoms with Crippen LogP contribution in [0.5, 0.6) is 5.75 Å². The standard InChI is InChI=1S/C31H42ClN6O2P/c1-20-8-10-26(28(21(20)2)41(6,7)39)34-29-24(32)17-33-30(36-29)35-25-11-9-23(16-27(25)40-5)38-18-31(19-38)14-12-22(13-15-31)37(3)4/h8-11,16-17,22H,12-15,18-19H2,1-7H3,(H2,33,34,35,36). The van der Waals surface area contributed by atoms with Gasteiger partial charge < -0.3 is 29.7 Å². The van der Waals surface area contributed by atoms with E-state index in [-0.39, 0.29) is 0 Å². The van der Waals surface area contributed by atoms with Crippen molar-refractivity contribution in [2.45, 2.75) is 45.6 Å². The minimum atomic E-state index is -2.57. The zero-order chi connectivity index (χ0) is 29.5. The molecule has 0 unspecified atom stereocenters. The third-order valence-corrected chi connectivity index (χ3v) is 10.8. The number of hydrogen-bond acceptors (Lipinski definition) is 8. The Morgan fingerprint density at radius 3 is 2.39 bits per heavy atom. The molecule has 41 heavy (non-hydrogen) atoms. The molecule has 2 fully saturated rings. The van der Waals surface area contributed by atoms with Crippen molar-refractivity contribution in [3.63, 3.8) is 0 Å². The number of rotatable bonds is 8. The Hall–Kier alpha value is -2.80. The van der Waals surface area contributed by atoms with Crippen LogP contribution >= 0.6 is 18.7 Å². The molecule has 1 saturated heterocycles. The van der Waals surface area contributed by atoms with Crippen LogP contribution in [0.1, 0.15) is 36.8 Å². The first-order chi connectivity index (χ1) is 19.4. The Kier molecular flexibility index (Phi) is 8.30. The fraction of sp³-hybridized carbons (Fsp3) is 0.484. The van der Waals surface area contributed by atoms with E-state index >= 15 is 0 Å². The van der Waals surface area contributed by atoms with E-state index in [9.17, 15) is 4.57 Å². The second-order valence-electron chi connectivity index (χ2n) is 12.3. The Bertz CT molecular complexity index is 1470. The molecule has 220 valence electrons. The quantitative estimate of drug-likeness (QED) is 0.275. The summed E-state index contributed by atoms with van der Waals surface area (Å²) >= 11 is 6.49. The van der Waals surface area contributed by atoms with Crippen LogP contribution in [0.4, 0.5) is 28.8 Å². The van der Waals surface area contributed by atoms with Gasteiger partial charge in [0, 0.05) is 41.6 Å². The SMILES string of the molecule is COc1cc(N2CC3(CCC(N(C)C)CC3)C2)ccc1Nc1ncc(Cl)c(Nc2ccc(C)c(C)c2P(C)(C)=O)n1. The van der Waals surface area contributed by atoms with Crippen LogP contribution < -0.4 is 25.6 Å². The molecule has 0 radical (unpaired) electrons. The number of nitrogens with zero attached hydrogens (tertiary/aromatic N) is 4. The predicted octanol–water partition coefficient (Wildman–Crippen LogP) is 6.80. The van der Waals surface area contributed by atoms with Gasteiger partial charge in [0.15, 0.2) is 5.82 Å². The van der Waals surface area contributed by atoms with Gasteiger partial charge >= 0.3 is 0 Å². The molecule has 2 N–H and O–H groups in total. The summed E-state index contributed by atoms with van der Waals surface area (Å²) in [6, 6.07) is 10.9. The fourth-order valence-corrected chi connectivity index (χ4v) is 8.17. The van der Waals surface area contributed by atoms with Crippen LogP contribution in [0.2, 0.25) is 5.02 Å². The van der Waals surface area contributed by atoms with Crippen molar-refractivity contribution in [3.05, 3.63) is 52.7 Å². The molecule has 2 aromatic carbocycles. The Morgan fingerprint density at radius 2 is 1.76 bits per heavy atom. The van der Waals surface area contributed by atoms with Crippen LogP contribution in [-0.2, 0) is 4.57 Å². The monoisotopic (exact) mass is 596 g/mol. The lowest BCUT2D eigenvalue weighted by molar-refractivity contribution is 0.0888. The smallest absolute Gasteiger partial charge is 0.229 e. The number of ether oxygens (including phenoxy) is 1. The summed E-state index contributed by atoms with van der Waals surface area (Å²) in [7, 11) is 3.50. The van der Waals surface area contributed by atoms with Gasteiger partial charge in [0.1, 0.15) is 17.9 Å². The van der Waals surface area contributed by atoms with Crippen molar-refractivity contribution in [3.8, 4) is 5.75 Å². The van der Waals surface area contributed by atoms with Gasteiger partial charge in [-0.15, -0.1) is 0 Å². The van der Waals surface area contributed by atoms with Gasteiger partial charge in [0.25, 0.3) is 0 Å². The number of aromatic nitrogens is 2. The van der Waals surface area contributed by atoms with Crippen molar-refractivity contribution in [1.29, 1.82) is 0 Å².